The number of nitrogens with zero attached hydrogens (tertiary/aromatic N) is 1. The van der Waals surface area contributed by atoms with Crippen molar-refractivity contribution in [2.24, 2.45) is 0 Å². The van der Waals surface area contributed by atoms with Crippen molar-refractivity contribution in [3.63, 3.8) is 0 Å². The Labute approximate surface area is 130 Å². The highest BCUT2D eigenvalue weighted by Gasteiger charge is 2.36. The molecule has 2 heterocycles. The molecule has 2 aromatic rings. The van der Waals surface area contributed by atoms with E-state index < -0.39 is 15.5 Å². The lowest BCUT2D eigenvalue weighted by atomic mass is 10.1. The Hall–Kier alpha value is -1.69. The first-order valence-corrected chi connectivity index (χ1v) is 8.48. The van der Waals surface area contributed by atoms with E-state index in [1.807, 2.05) is 13.8 Å². The molecule has 0 bridgehead atoms. The van der Waals surface area contributed by atoms with Gasteiger partial charge in [-0.3, -0.25) is 9.00 Å². The van der Waals surface area contributed by atoms with Crippen LogP contribution in [0.25, 0.3) is 11.0 Å². The van der Waals surface area contributed by atoms with E-state index in [4.69, 9.17) is 4.42 Å². The monoisotopic (exact) mass is 323 g/mol. The summed E-state index contributed by atoms with van der Waals surface area (Å²) in [4.78, 5) is 14.4. The number of fused-ring (bicyclic) bond motifs is 1. The van der Waals surface area contributed by atoms with E-state index in [2.05, 4.69) is 0 Å². The van der Waals surface area contributed by atoms with Gasteiger partial charge in [0, 0.05) is 40.6 Å². The largest absolute Gasteiger partial charge is 0.451 e. The van der Waals surface area contributed by atoms with Gasteiger partial charge in [-0.25, -0.2) is 4.39 Å². The van der Waals surface area contributed by atoms with Crippen LogP contribution in [0.4, 0.5) is 4.39 Å². The molecule has 3 rings (SSSR count). The molecule has 1 aromatic carbocycles. The molecule has 1 aliphatic rings. The fourth-order valence-corrected chi connectivity index (χ4v) is 4.03. The fraction of sp³-hybridized carbons (Fsp3) is 0.438. The number of amides is 1. The van der Waals surface area contributed by atoms with E-state index >= 15 is 0 Å². The molecule has 0 radical (unpaired) electrons. The zero-order valence-corrected chi connectivity index (χ0v) is 13.6. The quantitative estimate of drug-likeness (QED) is 0.811. The van der Waals surface area contributed by atoms with Crippen LogP contribution in [0, 0.1) is 12.7 Å². The molecule has 1 amide bonds. The van der Waals surface area contributed by atoms with Gasteiger partial charge >= 0.3 is 0 Å². The first-order chi connectivity index (χ1) is 10.3. The Morgan fingerprint density at radius 3 is 2.82 bits per heavy atom. The van der Waals surface area contributed by atoms with Crippen LogP contribution in [-0.2, 0) is 10.8 Å². The normalized spacial score (nSPS) is 21.3. The maximum Gasteiger partial charge on any atom is 0.289 e. The number of hydrogen-bond donors (Lipinski definition) is 0. The molecule has 0 N–H and O–H groups in total. The minimum atomic E-state index is -0.941. The summed E-state index contributed by atoms with van der Waals surface area (Å²) in [6.45, 7) is 6.40. The molecule has 1 aromatic heterocycles. The Bertz CT molecular complexity index is 781. The van der Waals surface area contributed by atoms with Crippen LogP contribution in [0.5, 0.6) is 0 Å². The first-order valence-electron chi connectivity index (χ1n) is 7.16. The van der Waals surface area contributed by atoms with Gasteiger partial charge in [-0.15, -0.1) is 0 Å². The summed E-state index contributed by atoms with van der Waals surface area (Å²) in [6.07, 6.45) is 0. The van der Waals surface area contributed by atoms with Crippen LogP contribution in [0.15, 0.2) is 22.6 Å². The van der Waals surface area contributed by atoms with E-state index in [0.717, 1.165) is 0 Å². The fourth-order valence-electron chi connectivity index (χ4n) is 2.79. The molecule has 0 saturated carbocycles. The second kappa shape index (κ2) is 5.19. The lowest BCUT2D eigenvalue weighted by Gasteiger charge is -2.36. The number of hydrogen-bond acceptors (Lipinski definition) is 3. The minimum absolute atomic E-state index is 0.223. The van der Waals surface area contributed by atoms with Gasteiger partial charge in [-0.2, -0.15) is 0 Å². The molecule has 4 nitrogen and oxygen atoms in total. The Balaban J connectivity index is 1.96. The summed E-state index contributed by atoms with van der Waals surface area (Å²) in [5, 5.41) is 0.614. The summed E-state index contributed by atoms with van der Waals surface area (Å²) in [6, 6.07) is 4.22. The lowest BCUT2D eigenvalue weighted by Crippen LogP contribution is -2.52. The van der Waals surface area contributed by atoms with Gasteiger partial charge < -0.3 is 9.32 Å². The SMILES string of the molecule is Cc1c(C(=O)N2CCS(=O)C(C)(C)C2)oc2ccc(F)cc12. The zero-order valence-electron chi connectivity index (χ0n) is 12.8. The van der Waals surface area contributed by atoms with E-state index in [0.29, 0.717) is 35.4 Å². The van der Waals surface area contributed by atoms with Gasteiger partial charge in [0.05, 0.1) is 4.75 Å². The number of carbonyl (C=O) groups is 1. The van der Waals surface area contributed by atoms with Crippen LogP contribution in [-0.4, -0.2) is 38.6 Å². The third-order valence-electron chi connectivity index (χ3n) is 4.11. The van der Waals surface area contributed by atoms with E-state index in [9.17, 15) is 13.4 Å². The van der Waals surface area contributed by atoms with E-state index in [1.165, 1.54) is 18.2 Å². The number of halogens is 1. The molecule has 22 heavy (non-hydrogen) atoms. The van der Waals surface area contributed by atoms with Crippen molar-refractivity contribution in [1.29, 1.82) is 0 Å². The van der Waals surface area contributed by atoms with Gasteiger partial charge in [0.25, 0.3) is 5.91 Å². The summed E-state index contributed by atoms with van der Waals surface area (Å²) < 4.78 is 30.5. The Morgan fingerprint density at radius 2 is 2.14 bits per heavy atom. The highest BCUT2D eigenvalue weighted by atomic mass is 32.2. The molecule has 1 unspecified atom stereocenters. The number of benzene rings is 1. The van der Waals surface area contributed by atoms with Crippen molar-refractivity contribution in [3.8, 4) is 0 Å². The molecule has 1 fully saturated rings. The maximum absolute atomic E-state index is 13.4. The minimum Gasteiger partial charge on any atom is -0.451 e. The summed E-state index contributed by atoms with van der Waals surface area (Å²) in [5.41, 5.74) is 1.14. The van der Waals surface area contributed by atoms with E-state index in [-0.39, 0.29) is 17.5 Å². The molecule has 6 heteroatoms. The molecular weight excluding hydrogens is 305 g/mol. The topological polar surface area (TPSA) is 50.5 Å². The lowest BCUT2D eigenvalue weighted by molar-refractivity contribution is 0.0715. The van der Waals surface area contributed by atoms with Gasteiger partial charge in [0.1, 0.15) is 11.4 Å². The van der Waals surface area contributed by atoms with E-state index in [1.54, 1.807) is 11.8 Å². The predicted molar refractivity (Wildman–Crippen MR) is 83.9 cm³/mol. The molecule has 118 valence electrons. The van der Waals surface area contributed by atoms with Crippen molar-refractivity contribution in [1.82, 2.24) is 4.90 Å². The molecule has 1 saturated heterocycles. The molecule has 1 atom stereocenters. The van der Waals surface area contributed by atoms with Crippen LogP contribution in [0.1, 0.15) is 30.0 Å². The van der Waals surface area contributed by atoms with Crippen molar-refractivity contribution in [2.75, 3.05) is 18.8 Å². The zero-order chi connectivity index (χ0) is 16.1. The average Bonchev–Trinajstić information content (AvgIpc) is 2.78. The second-order valence-electron chi connectivity index (χ2n) is 6.23. The van der Waals surface area contributed by atoms with Gasteiger partial charge in [-0.05, 0) is 39.0 Å². The van der Waals surface area contributed by atoms with Crippen molar-refractivity contribution < 1.29 is 17.8 Å². The second-order valence-corrected chi connectivity index (χ2v) is 8.44. The predicted octanol–water partition coefficient (Wildman–Crippen LogP) is 2.86. The number of aryl methyl sites for hydroxylation is 1. The smallest absolute Gasteiger partial charge is 0.289 e. The van der Waals surface area contributed by atoms with Crippen LogP contribution < -0.4 is 0 Å². The number of rotatable bonds is 1. The van der Waals surface area contributed by atoms with Crippen LogP contribution in [0.2, 0.25) is 0 Å². The summed E-state index contributed by atoms with van der Waals surface area (Å²) in [5.74, 6) is 0.125. The first kappa shape index (κ1) is 15.2. The van der Waals surface area contributed by atoms with Gasteiger partial charge in [-0.1, -0.05) is 0 Å². The Kier molecular flexibility index (Phi) is 3.59. The summed E-state index contributed by atoms with van der Waals surface area (Å²) in [7, 11) is -0.941. The molecule has 0 spiro atoms. The van der Waals surface area contributed by atoms with Crippen molar-refractivity contribution >= 4 is 27.7 Å². The Morgan fingerprint density at radius 1 is 1.41 bits per heavy atom. The molecular formula is C16H18FNO3S. The van der Waals surface area contributed by atoms with Crippen molar-refractivity contribution in [2.45, 2.75) is 25.5 Å². The highest BCUT2D eigenvalue weighted by molar-refractivity contribution is 7.86. The van der Waals surface area contributed by atoms with Crippen LogP contribution >= 0.6 is 0 Å². The number of furan rings is 1. The third kappa shape index (κ3) is 2.45. The highest BCUT2D eigenvalue weighted by Crippen LogP contribution is 2.28. The standard InChI is InChI=1S/C16H18FNO3S/c1-10-12-8-11(17)4-5-13(12)21-14(10)15(19)18-6-7-22(20)16(2,3)9-18/h4-5,8H,6-7,9H2,1-3H3. The maximum atomic E-state index is 13.4. The molecule has 0 aliphatic carbocycles. The van der Waals surface area contributed by atoms with Crippen LogP contribution in [0.3, 0.4) is 0 Å². The third-order valence-corrected chi connectivity index (χ3v) is 6.03. The van der Waals surface area contributed by atoms with Gasteiger partial charge in [0.2, 0.25) is 0 Å². The van der Waals surface area contributed by atoms with Gasteiger partial charge in [0.15, 0.2) is 5.76 Å². The average molecular weight is 323 g/mol. The number of carbonyl (C=O) groups excluding carboxylic acids is 1. The summed E-state index contributed by atoms with van der Waals surface area (Å²) >= 11 is 0. The van der Waals surface area contributed by atoms with Crippen molar-refractivity contribution in [3.05, 3.63) is 35.3 Å². The molecule has 1 aliphatic heterocycles.